The number of guanidine groups is 1. The lowest BCUT2D eigenvalue weighted by Crippen LogP contribution is -2.38. The Morgan fingerprint density at radius 3 is 2.66 bits per heavy atom. The van der Waals surface area contributed by atoms with Crippen molar-refractivity contribution in [1.29, 1.82) is 0 Å². The summed E-state index contributed by atoms with van der Waals surface area (Å²) in [5, 5.41) is 11.4. The van der Waals surface area contributed by atoms with Gasteiger partial charge in [0.15, 0.2) is 5.96 Å². The standard InChI is InChI=1S/C23H27ClN6O.HI/c1-16(18-6-5-7-20(14-18)30-12-3-4-13-30)27-23(25-2)26-15-21-28-22(29-31-21)17-8-10-19(24)11-9-17;/h5-11,14,16H,3-4,12-13,15H2,1-2H3,(H2,25,26,27);1H. The number of hydrogen-bond acceptors (Lipinski definition) is 5. The number of benzene rings is 2. The van der Waals surface area contributed by atoms with Crippen LogP contribution in [0.25, 0.3) is 11.4 Å². The first kappa shape index (κ1) is 24.3. The van der Waals surface area contributed by atoms with Crippen molar-refractivity contribution in [2.24, 2.45) is 4.99 Å². The molecule has 1 saturated heterocycles. The molecule has 32 heavy (non-hydrogen) atoms. The summed E-state index contributed by atoms with van der Waals surface area (Å²) in [5.74, 6) is 1.69. The number of rotatable bonds is 6. The summed E-state index contributed by atoms with van der Waals surface area (Å²) in [6.45, 7) is 4.77. The third-order valence-electron chi connectivity index (χ3n) is 5.40. The molecule has 2 heterocycles. The van der Waals surface area contributed by atoms with Crippen LogP contribution in [0.2, 0.25) is 5.02 Å². The molecule has 1 aliphatic heterocycles. The average Bonchev–Trinajstić information content (AvgIpc) is 3.49. The largest absolute Gasteiger partial charge is 0.372 e. The Labute approximate surface area is 210 Å². The lowest BCUT2D eigenvalue weighted by molar-refractivity contribution is 0.375. The number of anilines is 1. The van der Waals surface area contributed by atoms with Gasteiger partial charge in [-0.15, -0.1) is 24.0 Å². The molecule has 1 atom stereocenters. The second-order valence-corrected chi connectivity index (χ2v) is 8.04. The quantitative estimate of drug-likeness (QED) is 0.247. The number of aromatic nitrogens is 2. The lowest BCUT2D eigenvalue weighted by Gasteiger charge is -2.21. The number of nitrogens with one attached hydrogen (secondary N) is 2. The van der Waals surface area contributed by atoms with Crippen LogP contribution in [0, 0.1) is 0 Å². The Balaban J connectivity index is 0.00000289. The molecule has 3 aromatic rings. The van der Waals surface area contributed by atoms with Crippen LogP contribution in [0.15, 0.2) is 58.0 Å². The molecule has 0 aliphatic carbocycles. The van der Waals surface area contributed by atoms with Crippen LogP contribution < -0.4 is 15.5 Å². The summed E-state index contributed by atoms with van der Waals surface area (Å²) in [4.78, 5) is 11.2. The van der Waals surface area contributed by atoms with Crippen molar-refractivity contribution in [2.75, 3.05) is 25.0 Å². The highest BCUT2D eigenvalue weighted by atomic mass is 127. The van der Waals surface area contributed by atoms with Crippen LogP contribution in [-0.4, -0.2) is 36.2 Å². The molecule has 4 rings (SSSR count). The molecule has 0 radical (unpaired) electrons. The van der Waals surface area contributed by atoms with Gasteiger partial charge in [-0.05, 0) is 61.7 Å². The first-order chi connectivity index (χ1) is 15.1. The third-order valence-corrected chi connectivity index (χ3v) is 5.65. The van der Waals surface area contributed by atoms with E-state index >= 15 is 0 Å². The highest BCUT2D eigenvalue weighted by Gasteiger charge is 2.15. The summed E-state index contributed by atoms with van der Waals surface area (Å²) < 4.78 is 5.36. The smallest absolute Gasteiger partial charge is 0.246 e. The Morgan fingerprint density at radius 1 is 1.19 bits per heavy atom. The highest BCUT2D eigenvalue weighted by Crippen LogP contribution is 2.24. The molecule has 0 amide bonds. The van der Waals surface area contributed by atoms with Crippen molar-refractivity contribution in [3.63, 3.8) is 0 Å². The molecule has 0 bridgehead atoms. The van der Waals surface area contributed by atoms with Crippen molar-refractivity contribution in [1.82, 2.24) is 20.8 Å². The fourth-order valence-electron chi connectivity index (χ4n) is 3.65. The van der Waals surface area contributed by atoms with Gasteiger partial charge in [-0.25, -0.2) is 0 Å². The van der Waals surface area contributed by atoms with Gasteiger partial charge in [0.1, 0.15) is 0 Å². The minimum Gasteiger partial charge on any atom is -0.372 e. The molecule has 170 valence electrons. The van der Waals surface area contributed by atoms with Crippen molar-refractivity contribution in [3.05, 3.63) is 65.0 Å². The predicted molar refractivity (Wildman–Crippen MR) is 140 cm³/mol. The van der Waals surface area contributed by atoms with Crippen molar-refractivity contribution in [2.45, 2.75) is 32.4 Å². The van der Waals surface area contributed by atoms with Gasteiger partial charge < -0.3 is 20.1 Å². The summed E-state index contributed by atoms with van der Waals surface area (Å²) in [6.07, 6.45) is 2.54. The number of hydrogen-bond donors (Lipinski definition) is 2. The number of nitrogens with zero attached hydrogens (tertiary/aromatic N) is 4. The van der Waals surface area contributed by atoms with Crippen molar-refractivity contribution in [3.8, 4) is 11.4 Å². The molecule has 1 aromatic heterocycles. The van der Waals surface area contributed by atoms with Crippen LogP contribution >= 0.6 is 35.6 Å². The Hall–Kier alpha value is -2.33. The van der Waals surface area contributed by atoms with Crippen LogP contribution in [-0.2, 0) is 6.54 Å². The number of halogens is 2. The van der Waals surface area contributed by atoms with E-state index in [4.69, 9.17) is 16.1 Å². The SMILES string of the molecule is CN=C(NCc1nc(-c2ccc(Cl)cc2)no1)NC(C)c1cccc(N2CCCC2)c1.I. The van der Waals surface area contributed by atoms with E-state index in [-0.39, 0.29) is 30.0 Å². The minimum absolute atomic E-state index is 0. The highest BCUT2D eigenvalue weighted by molar-refractivity contribution is 14.0. The zero-order chi connectivity index (χ0) is 21.6. The Bertz CT molecular complexity index is 1030. The molecule has 2 aromatic carbocycles. The van der Waals surface area contributed by atoms with Gasteiger partial charge in [-0.1, -0.05) is 28.9 Å². The maximum atomic E-state index is 5.94. The Morgan fingerprint density at radius 2 is 1.94 bits per heavy atom. The predicted octanol–water partition coefficient (Wildman–Crippen LogP) is 5.03. The summed E-state index contributed by atoms with van der Waals surface area (Å²) in [7, 11) is 1.75. The van der Waals surface area contributed by atoms with Crippen LogP contribution in [0.4, 0.5) is 5.69 Å². The van der Waals surface area contributed by atoms with Gasteiger partial charge in [-0.2, -0.15) is 4.98 Å². The van der Waals surface area contributed by atoms with Gasteiger partial charge in [0.25, 0.3) is 0 Å². The fourth-order valence-corrected chi connectivity index (χ4v) is 3.78. The Kier molecular flexibility index (Phi) is 8.75. The molecule has 1 fully saturated rings. The maximum absolute atomic E-state index is 5.94. The molecular formula is C23H28ClIN6O. The maximum Gasteiger partial charge on any atom is 0.246 e. The topological polar surface area (TPSA) is 78.6 Å². The molecule has 2 N–H and O–H groups in total. The zero-order valence-electron chi connectivity index (χ0n) is 18.2. The van der Waals surface area contributed by atoms with E-state index in [0.717, 1.165) is 18.7 Å². The molecular weight excluding hydrogens is 539 g/mol. The summed E-state index contributed by atoms with van der Waals surface area (Å²) >= 11 is 5.94. The average molecular weight is 567 g/mol. The van der Waals surface area contributed by atoms with Gasteiger partial charge in [0.05, 0.1) is 12.6 Å². The molecule has 9 heteroatoms. The molecule has 0 spiro atoms. The van der Waals surface area contributed by atoms with Crippen LogP contribution in [0.5, 0.6) is 0 Å². The van der Waals surface area contributed by atoms with Gasteiger partial charge >= 0.3 is 0 Å². The van der Waals surface area contributed by atoms with E-state index in [1.165, 1.54) is 24.1 Å². The first-order valence-electron chi connectivity index (χ1n) is 10.5. The van der Waals surface area contributed by atoms with E-state index in [9.17, 15) is 0 Å². The summed E-state index contributed by atoms with van der Waals surface area (Å²) in [5.41, 5.74) is 3.36. The van der Waals surface area contributed by atoms with E-state index in [2.05, 4.69) is 61.9 Å². The lowest BCUT2D eigenvalue weighted by atomic mass is 10.1. The molecule has 7 nitrogen and oxygen atoms in total. The monoisotopic (exact) mass is 566 g/mol. The second kappa shape index (κ2) is 11.5. The molecule has 0 saturated carbocycles. The van der Waals surface area contributed by atoms with E-state index < -0.39 is 0 Å². The third kappa shape index (κ3) is 6.13. The van der Waals surface area contributed by atoms with Crippen molar-refractivity contribution >= 4 is 47.2 Å². The first-order valence-corrected chi connectivity index (χ1v) is 10.9. The van der Waals surface area contributed by atoms with Crippen LogP contribution in [0.3, 0.4) is 0 Å². The van der Waals surface area contributed by atoms with Crippen LogP contribution in [0.1, 0.15) is 37.3 Å². The van der Waals surface area contributed by atoms with Gasteiger partial charge in [0, 0.05) is 36.4 Å². The molecule has 1 aliphatic rings. The van der Waals surface area contributed by atoms with E-state index in [1.807, 2.05) is 12.1 Å². The fraction of sp³-hybridized carbons (Fsp3) is 0.348. The van der Waals surface area contributed by atoms with Gasteiger partial charge in [-0.3, -0.25) is 4.99 Å². The van der Waals surface area contributed by atoms with E-state index in [1.54, 1.807) is 19.2 Å². The van der Waals surface area contributed by atoms with Crippen molar-refractivity contribution < 1.29 is 4.52 Å². The molecule has 1 unspecified atom stereocenters. The van der Waals surface area contributed by atoms with E-state index in [0.29, 0.717) is 29.2 Å². The number of aliphatic imine (C=N–C) groups is 1. The minimum atomic E-state index is 0. The van der Waals surface area contributed by atoms with Gasteiger partial charge in [0.2, 0.25) is 11.7 Å². The zero-order valence-corrected chi connectivity index (χ0v) is 21.3. The summed E-state index contributed by atoms with van der Waals surface area (Å²) in [6, 6.07) is 16.1. The second-order valence-electron chi connectivity index (χ2n) is 7.60. The normalized spacial score (nSPS) is 14.7.